The molecule has 0 unspecified atom stereocenters. The first-order valence-electron chi connectivity index (χ1n) is 8.37. The Morgan fingerprint density at radius 3 is 2.71 bits per heavy atom. The van der Waals surface area contributed by atoms with Crippen LogP contribution in [0.3, 0.4) is 0 Å². The van der Waals surface area contributed by atoms with E-state index in [2.05, 4.69) is 16.9 Å². The lowest BCUT2D eigenvalue weighted by atomic mass is 10.2. The number of para-hydroxylation sites is 1. The molecule has 2 heterocycles. The average molecular weight is 346 g/mol. The number of amides is 1. The number of ether oxygens (including phenoxy) is 1. The van der Waals surface area contributed by atoms with E-state index in [1.54, 1.807) is 0 Å². The van der Waals surface area contributed by atoms with E-state index in [9.17, 15) is 4.79 Å². The summed E-state index contributed by atoms with van der Waals surface area (Å²) < 4.78 is 5.83. The topological polar surface area (TPSA) is 46.3 Å². The lowest BCUT2D eigenvalue weighted by Crippen LogP contribution is -3.12. The zero-order valence-electron chi connectivity index (χ0n) is 14.4. The quantitative estimate of drug-likeness (QED) is 0.838. The molecule has 2 aliphatic rings. The molecule has 128 valence electrons. The second-order valence-electron chi connectivity index (χ2n) is 6.46. The highest BCUT2D eigenvalue weighted by Crippen LogP contribution is 2.32. The number of aliphatic imine (C=N–C) groups is 1. The largest absolute Gasteiger partial charge is 0.490 e. The molecule has 0 atom stereocenters. The van der Waals surface area contributed by atoms with Gasteiger partial charge in [-0.05, 0) is 37.8 Å². The number of amidine groups is 1. The molecule has 0 aliphatic carbocycles. The SMILES string of the molecule is CC(C)Oc1ccccc1/C=C1/SC(N2CC[NH+](C)CC2)=NC1=O. The highest BCUT2D eigenvalue weighted by atomic mass is 32.2. The Morgan fingerprint density at radius 2 is 2.00 bits per heavy atom. The van der Waals surface area contributed by atoms with Crippen molar-refractivity contribution >= 4 is 28.9 Å². The molecule has 24 heavy (non-hydrogen) atoms. The Hall–Kier alpha value is -1.79. The van der Waals surface area contributed by atoms with Crippen LogP contribution in [0.25, 0.3) is 6.08 Å². The van der Waals surface area contributed by atoms with E-state index in [4.69, 9.17) is 4.74 Å². The fraction of sp³-hybridized carbons (Fsp3) is 0.444. The van der Waals surface area contributed by atoms with Gasteiger partial charge in [0.25, 0.3) is 5.91 Å². The average Bonchev–Trinajstić information content (AvgIpc) is 2.90. The Kier molecular flexibility index (Phi) is 5.26. The fourth-order valence-electron chi connectivity index (χ4n) is 2.72. The van der Waals surface area contributed by atoms with Gasteiger partial charge in [0, 0.05) is 5.56 Å². The second kappa shape index (κ2) is 7.40. The number of benzene rings is 1. The van der Waals surface area contributed by atoms with Crippen LogP contribution >= 0.6 is 11.8 Å². The number of hydrogen-bond donors (Lipinski definition) is 1. The van der Waals surface area contributed by atoms with Crippen molar-refractivity contribution in [1.82, 2.24) is 4.90 Å². The van der Waals surface area contributed by atoms with Crippen molar-refractivity contribution in [2.24, 2.45) is 4.99 Å². The minimum atomic E-state index is -0.152. The summed E-state index contributed by atoms with van der Waals surface area (Å²) in [5.74, 6) is 0.644. The first-order valence-corrected chi connectivity index (χ1v) is 9.19. The zero-order valence-corrected chi connectivity index (χ0v) is 15.2. The van der Waals surface area contributed by atoms with E-state index in [0.717, 1.165) is 42.7 Å². The number of nitrogens with one attached hydrogen (secondary N) is 1. The van der Waals surface area contributed by atoms with Gasteiger partial charge in [-0.2, -0.15) is 4.99 Å². The summed E-state index contributed by atoms with van der Waals surface area (Å²) in [5.41, 5.74) is 0.918. The number of nitrogens with zero attached hydrogens (tertiary/aromatic N) is 2. The smallest absolute Gasteiger partial charge is 0.286 e. The summed E-state index contributed by atoms with van der Waals surface area (Å²) in [6.45, 7) is 8.05. The zero-order chi connectivity index (χ0) is 17.1. The summed E-state index contributed by atoms with van der Waals surface area (Å²) in [4.78, 5) is 20.9. The highest BCUT2D eigenvalue weighted by Gasteiger charge is 2.29. The summed E-state index contributed by atoms with van der Waals surface area (Å²) >= 11 is 1.47. The van der Waals surface area contributed by atoms with Crippen molar-refractivity contribution in [1.29, 1.82) is 0 Å². The maximum atomic E-state index is 12.3. The Balaban J connectivity index is 1.75. The summed E-state index contributed by atoms with van der Waals surface area (Å²) in [6.07, 6.45) is 1.99. The molecule has 1 aromatic rings. The molecule has 0 saturated carbocycles. The van der Waals surface area contributed by atoms with Crippen molar-refractivity contribution < 1.29 is 14.4 Å². The molecule has 1 aromatic carbocycles. The summed E-state index contributed by atoms with van der Waals surface area (Å²) in [6, 6.07) is 7.80. The lowest BCUT2D eigenvalue weighted by molar-refractivity contribution is -0.883. The molecule has 1 N–H and O–H groups in total. The fourth-order valence-corrected chi connectivity index (χ4v) is 3.67. The van der Waals surface area contributed by atoms with Crippen LogP contribution in [0.5, 0.6) is 5.75 Å². The first-order chi connectivity index (χ1) is 11.5. The maximum absolute atomic E-state index is 12.3. The maximum Gasteiger partial charge on any atom is 0.286 e. The molecule has 0 spiro atoms. The van der Waals surface area contributed by atoms with Crippen molar-refractivity contribution in [2.75, 3.05) is 33.2 Å². The van der Waals surface area contributed by atoms with E-state index in [-0.39, 0.29) is 12.0 Å². The van der Waals surface area contributed by atoms with Crippen LogP contribution in [0, 0.1) is 0 Å². The van der Waals surface area contributed by atoms with Gasteiger partial charge in [-0.1, -0.05) is 18.2 Å². The van der Waals surface area contributed by atoms with Gasteiger partial charge >= 0.3 is 0 Å². The van der Waals surface area contributed by atoms with E-state index in [0.29, 0.717) is 4.91 Å². The van der Waals surface area contributed by atoms with Crippen LogP contribution in [-0.2, 0) is 4.79 Å². The van der Waals surface area contributed by atoms with Crippen molar-refractivity contribution in [3.63, 3.8) is 0 Å². The van der Waals surface area contributed by atoms with E-state index < -0.39 is 0 Å². The van der Waals surface area contributed by atoms with E-state index in [1.807, 2.05) is 44.2 Å². The Morgan fingerprint density at radius 1 is 1.29 bits per heavy atom. The third kappa shape index (κ3) is 3.99. The predicted octanol–water partition coefficient (Wildman–Crippen LogP) is 1.27. The van der Waals surface area contributed by atoms with Gasteiger partial charge in [0.05, 0.1) is 44.2 Å². The van der Waals surface area contributed by atoms with E-state index in [1.165, 1.54) is 16.7 Å². The van der Waals surface area contributed by atoms with Crippen LogP contribution < -0.4 is 9.64 Å². The minimum absolute atomic E-state index is 0.0936. The molecule has 6 heteroatoms. The number of hydrogen-bond acceptors (Lipinski definition) is 4. The molecule has 1 fully saturated rings. The number of thioether (sulfide) groups is 1. The van der Waals surface area contributed by atoms with Crippen LogP contribution in [-0.4, -0.2) is 55.3 Å². The molecule has 1 saturated heterocycles. The number of carbonyl (C=O) groups is 1. The normalized spacial score (nSPS) is 20.8. The van der Waals surface area contributed by atoms with Crippen LogP contribution in [0.2, 0.25) is 0 Å². The van der Waals surface area contributed by atoms with Gasteiger partial charge in [-0.3, -0.25) is 4.79 Å². The summed E-state index contributed by atoms with van der Waals surface area (Å²) in [7, 11) is 2.20. The number of piperazine rings is 1. The molecule has 3 rings (SSSR count). The van der Waals surface area contributed by atoms with Crippen molar-refractivity contribution in [2.45, 2.75) is 20.0 Å². The third-order valence-corrected chi connectivity index (χ3v) is 5.11. The van der Waals surface area contributed by atoms with Crippen molar-refractivity contribution in [3.8, 4) is 5.75 Å². The van der Waals surface area contributed by atoms with Crippen LogP contribution in [0.1, 0.15) is 19.4 Å². The van der Waals surface area contributed by atoms with Gasteiger partial charge in [-0.15, -0.1) is 0 Å². The number of rotatable bonds is 3. The van der Waals surface area contributed by atoms with Crippen LogP contribution in [0.15, 0.2) is 34.2 Å². The lowest BCUT2D eigenvalue weighted by Gasteiger charge is -2.30. The molecule has 0 aromatic heterocycles. The second-order valence-corrected chi connectivity index (χ2v) is 7.47. The molecule has 0 bridgehead atoms. The third-order valence-electron chi connectivity index (χ3n) is 4.07. The summed E-state index contributed by atoms with van der Waals surface area (Å²) in [5, 5.41) is 0.834. The van der Waals surface area contributed by atoms with Gasteiger partial charge < -0.3 is 14.5 Å². The van der Waals surface area contributed by atoms with Crippen LogP contribution in [0.4, 0.5) is 0 Å². The molecule has 1 amide bonds. The predicted molar refractivity (Wildman–Crippen MR) is 98.4 cm³/mol. The first kappa shape index (κ1) is 17.0. The number of likely N-dealkylation sites (N-methyl/N-ethyl adjacent to an activating group) is 1. The van der Waals surface area contributed by atoms with Gasteiger partial charge in [0.15, 0.2) is 5.17 Å². The van der Waals surface area contributed by atoms with E-state index >= 15 is 0 Å². The van der Waals surface area contributed by atoms with Gasteiger partial charge in [0.2, 0.25) is 0 Å². The number of quaternary nitrogens is 1. The molecule has 2 aliphatic heterocycles. The molecular formula is C18H24N3O2S+. The number of carbonyl (C=O) groups excluding carboxylic acids is 1. The molecule has 5 nitrogen and oxygen atoms in total. The Bertz CT molecular complexity index is 677. The molecule has 0 radical (unpaired) electrons. The highest BCUT2D eigenvalue weighted by molar-refractivity contribution is 8.18. The standard InChI is InChI=1S/C18H23N3O2S/c1-13(2)23-15-7-5-4-6-14(15)12-16-17(22)19-18(24-16)21-10-8-20(3)9-11-21/h4-7,12-13H,8-11H2,1-3H3/p+1/b16-12+. The van der Waals surface area contributed by atoms with Gasteiger partial charge in [0.1, 0.15) is 5.75 Å². The minimum Gasteiger partial charge on any atom is -0.490 e. The Labute approximate surface area is 147 Å². The van der Waals surface area contributed by atoms with Gasteiger partial charge in [-0.25, -0.2) is 0 Å². The van der Waals surface area contributed by atoms with Crippen molar-refractivity contribution in [3.05, 3.63) is 34.7 Å². The molecular weight excluding hydrogens is 322 g/mol. The monoisotopic (exact) mass is 346 g/mol.